The normalized spacial score (nSPS) is 27.0. The van der Waals surface area contributed by atoms with Crippen LogP contribution in [0.5, 0.6) is 0 Å². The van der Waals surface area contributed by atoms with E-state index < -0.39 is 28.0 Å². The zero-order chi connectivity index (χ0) is 21.6. The summed E-state index contributed by atoms with van der Waals surface area (Å²) in [6.45, 7) is 7.25. The zero-order valence-electron chi connectivity index (χ0n) is 18.4. The summed E-state index contributed by atoms with van der Waals surface area (Å²) in [5, 5.41) is 0. The van der Waals surface area contributed by atoms with Gasteiger partial charge in [0, 0.05) is 18.8 Å². The van der Waals surface area contributed by atoms with Gasteiger partial charge in [-0.1, -0.05) is 20.3 Å². The third kappa shape index (κ3) is 4.50. The van der Waals surface area contributed by atoms with E-state index in [2.05, 4.69) is 9.88 Å². The fraction of sp³-hybridized carbons (Fsp3) is 0.714. The van der Waals surface area contributed by atoms with Gasteiger partial charge in [0.25, 0.3) is 5.91 Å². The minimum absolute atomic E-state index is 0. The Morgan fingerprint density at radius 1 is 1.16 bits per heavy atom. The number of halogens is 1. The lowest BCUT2D eigenvalue weighted by atomic mass is 9.88. The van der Waals surface area contributed by atoms with E-state index in [9.17, 15) is 18.0 Å². The third-order valence-electron chi connectivity index (χ3n) is 6.75. The standard InChI is InChI=1S/C21H32N4O4S.ClH/c1-14(2)18-19-17(25(21(18)27)30(3,28)29)9-12-24(19)20(26)16-8-7-15(22-16)13-23-10-5-4-6-11-23;/h7-8,14,17-19,22H,4-6,9-13H2,1-3H3;1H/t17-,18+,19-;/m1./s1. The number of hydrogen-bond acceptors (Lipinski definition) is 5. The first-order chi connectivity index (χ1) is 14.2. The summed E-state index contributed by atoms with van der Waals surface area (Å²) >= 11 is 0. The van der Waals surface area contributed by atoms with Crippen LogP contribution in [0.1, 0.15) is 55.7 Å². The molecule has 2 amide bonds. The molecule has 31 heavy (non-hydrogen) atoms. The van der Waals surface area contributed by atoms with Crippen LogP contribution in [0.25, 0.3) is 0 Å². The first kappa shape index (κ1) is 24.1. The highest BCUT2D eigenvalue weighted by Gasteiger charge is 2.58. The van der Waals surface area contributed by atoms with Gasteiger partial charge in [-0.2, -0.15) is 0 Å². The number of amides is 2. The SMILES string of the molecule is CC(C)[C@@H]1C(=O)N(S(C)(=O)=O)[C@@H]2CCN(C(=O)c3ccc(CN4CCCCC4)[nH]3)[C@H]21.Cl. The molecular formula is C21H33ClN4O4S. The van der Waals surface area contributed by atoms with Crippen molar-refractivity contribution < 1.29 is 18.0 Å². The number of nitrogens with one attached hydrogen (secondary N) is 1. The van der Waals surface area contributed by atoms with Crippen molar-refractivity contribution in [1.29, 1.82) is 0 Å². The highest BCUT2D eigenvalue weighted by atomic mass is 35.5. The average Bonchev–Trinajstić information content (AvgIpc) is 3.35. The number of fused-ring (bicyclic) bond motifs is 1. The Hall–Kier alpha value is -1.58. The molecule has 3 aliphatic rings. The molecule has 0 aliphatic carbocycles. The van der Waals surface area contributed by atoms with Gasteiger partial charge in [0.05, 0.1) is 24.3 Å². The molecule has 0 radical (unpaired) electrons. The van der Waals surface area contributed by atoms with Crippen molar-refractivity contribution in [3.8, 4) is 0 Å². The number of piperidine rings is 1. The van der Waals surface area contributed by atoms with Gasteiger partial charge in [-0.05, 0) is 50.4 Å². The average molecular weight is 473 g/mol. The molecule has 0 unspecified atom stereocenters. The number of rotatable bonds is 5. The fourth-order valence-electron chi connectivity index (χ4n) is 5.44. The van der Waals surface area contributed by atoms with Crippen LogP contribution in [0.2, 0.25) is 0 Å². The van der Waals surface area contributed by atoms with Crippen LogP contribution in [0.4, 0.5) is 0 Å². The lowest BCUT2D eigenvalue weighted by molar-refractivity contribution is -0.129. The van der Waals surface area contributed by atoms with Crippen LogP contribution in [0.15, 0.2) is 12.1 Å². The number of aromatic amines is 1. The van der Waals surface area contributed by atoms with E-state index in [-0.39, 0.29) is 30.1 Å². The number of sulfonamides is 1. The molecule has 1 N–H and O–H groups in total. The molecule has 1 aromatic heterocycles. The molecule has 0 aromatic carbocycles. The maximum absolute atomic E-state index is 13.3. The monoisotopic (exact) mass is 472 g/mol. The number of nitrogens with zero attached hydrogens (tertiary/aromatic N) is 3. The van der Waals surface area contributed by atoms with Crippen LogP contribution in [-0.2, 0) is 21.4 Å². The fourth-order valence-corrected chi connectivity index (χ4v) is 6.61. The maximum atomic E-state index is 13.3. The summed E-state index contributed by atoms with van der Waals surface area (Å²) in [6.07, 6.45) is 5.27. The van der Waals surface area contributed by atoms with E-state index in [1.807, 2.05) is 26.0 Å². The molecule has 8 nitrogen and oxygen atoms in total. The molecule has 0 spiro atoms. The van der Waals surface area contributed by atoms with E-state index >= 15 is 0 Å². The molecule has 3 saturated heterocycles. The number of likely N-dealkylation sites (tertiary alicyclic amines) is 2. The van der Waals surface area contributed by atoms with Crippen LogP contribution in [0, 0.1) is 11.8 Å². The second kappa shape index (κ2) is 9.11. The Morgan fingerprint density at radius 2 is 1.84 bits per heavy atom. The Balaban J connectivity index is 0.00000272. The van der Waals surface area contributed by atoms with Gasteiger partial charge in [0.2, 0.25) is 15.9 Å². The van der Waals surface area contributed by atoms with Gasteiger partial charge >= 0.3 is 0 Å². The first-order valence-corrected chi connectivity index (χ1v) is 12.8. The number of aromatic nitrogens is 1. The van der Waals surface area contributed by atoms with Gasteiger partial charge in [0.1, 0.15) is 5.69 Å². The minimum Gasteiger partial charge on any atom is -0.353 e. The molecule has 10 heteroatoms. The maximum Gasteiger partial charge on any atom is 0.270 e. The zero-order valence-corrected chi connectivity index (χ0v) is 20.0. The largest absolute Gasteiger partial charge is 0.353 e. The number of carbonyl (C=O) groups excluding carboxylic acids is 2. The number of hydrogen-bond donors (Lipinski definition) is 1. The Bertz CT molecular complexity index is 926. The van der Waals surface area contributed by atoms with E-state index in [1.165, 1.54) is 19.3 Å². The molecule has 1 aromatic rings. The van der Waals surface area contributed by atoms with Crippen molar-refractivity contribution in [2.45, 2.75) is 58.2 Å². The molecule has 0 saturated carbocycles. The van der Waals surface area contributed by atoms with E-state index in [0.717, 1.165) is 35.9 Å². The van der Waals surface area contributed by atoms with Crippen molar-refractivity contribution in [3.63, 3.8) is 0 Å². The quantitative estimate of drug-likeness (QED) is 0.708. The molecular weight excluding hydrogens is 440 g/mol. The molecule has 3 fully saturated rings. The summed E-state index contributed by atoms with van der Waals surface area (Å²) in [6, 6.07) is 2.89. The van der Waals surface area contributed by atoms with Gasteiger partial charge in [0.15, 0.2) is 0 Å². The van der Waals surface area contributed by atoms with Gasteiger partial charge < -0.3 is 9.88 Å². The Morgan fingerprint density at radius 3 is 2.45 bits per heavy atom. The van der Waals surface area contributed by atoms with Crippen molar-refractivity contribution in [2.75, 3.05) is 25.9 Å². The Kier molecular flexibility index (Phi) is 7.08. The topological polar surface area (TPSA) is 93.8 Å². The summed E-state index contributed by atoms with van der Waals surface area (Å²) in [4.78, 5) is 33.6. The van der Waals surface area contributed by atoms with Crippen molar-refractivity contribution in [1.82, 2.24) is 19.1 Å². The summed E-state index contributed by atoms with van der Waals surface area (Å²) in [5.74, 6) is -1.08. The Labute approximate surface area is 190 Å². The summed E-state index contributed by atoms with van der Waals surface area (Å²) in [7, 11) is -3.67. The molecule has 174 valence electrons. The van der Waals surface area contributed by atoms with Crippen LogP contribution in [-0.4, -0.2) is 77.3 Å². The van der Waals surface area contributed by atoms with E-state index in [4.69, 9.17) is 0 Å². The van der Waals surface area contributed by atoms with Crippen molar-refractivity contribution in [2.24, 2.45) is 11.8 Å². The molecule has 0 bridgehead atoms. The summed E-state index contributed by atoms with van der Waals surface area (Å²) < 4.78 is 25.6. The summed E-state index contributed by atoms with van der Waals surface area (Å²) in [5.41, 5.74) is 1.52. The second-order valence-corrected chi connectivity index (χ2v) is 11.1. The van der Waals surface area contributed by atoms with Crippen LogP contribution >= 0.6 is 12.4 Å². The molecule has 4 heterocycles. The van der Waals surface area contributed by atoms with Crippen LogP contribution < -0.4 is 0 Å². The van der Waals surface area contributed by atoms with E-state index in [1.54, 1.807) is 4.90 Å². The van der Waals surface area contributed by atoms with Crippen molar-refractivity contribution in [3.05, 3.63) is 23.5 Å². The first-order valence-electron chi connectivity index (χ1n) is 10.9. The second-order valence-electron chi connectivity index (χ2n) is 9.25. The predicted molar refractivity (Wildman–Crippen MR) is 120 cm³/mol. The predicted octanol–water partition coefficient (Wildman–Crippen LogP) is 2.08. The third-order valence-corrected chi connectivity index (χ3v) is 7.91. The molecule has 3 atom stereocenters. The van der Waals surface area contributed by atoms with Crippen molar-refractivity contribution >= 4 is 34.2 Å². The van der Waals surface area contributed by atoms with Gasteiger partial charge in [-0.15, -0.1) is 12.4 Å². The highest BCUT2D eigenvalue weighted by molar-refractivity contribution is 7.88. The molecule has 3 aliphatic heterocycles. The van der Waals surface area contributed by atoms with Crippen LogP contribution in [0.3, 0.4) is 0 Å². The highest BCUT2D eigenvalue weighted by Crippen LogP contribution is 2.41. The molecule has 4 rings (SSSR count). The van der Waals surface area contributed by atoms with Gasteiger partial charge in [-0.3, -0.25) is 14.5 Å². The smallest absolute Gasteiger partial charge is 0.270 e. The number of carbonyl (C=O) groups is 2. The van der Waals surface area contributed by atoms with Gasteiger partial charge in [-0.25, -0.2) is 12.7 Å². The minimum atomic E-state index is -3.67. The lowest BCUT2D eigenvalue weighted by Gasteiger charge is -2.29. The van der Waals surface area contributed by atoms with E-state index in [0.29, 0.717) is 18.7 Å². The number of H-pyrrole nitrogens is 1. The lowest BCUT2D eigenvalue weighted by Crippen LogP contribution is -2.44.